The maximum Gasteiger partial charge on any atom is 0.410 e. The first kappa shape index (κ1) is 25.3. The molecule has 0 aromatic heterocycles. The van der Waals surface area contributed by atoms with Gasteiger partial charge in [0.2, 0.25) is 18.2 Å². The van der Waals surface area contributed by atoms with Gasteiger partial charge >= 0.3 is 6.09 Å². The van der Waals surface area contributed by atoms with Crippen LogP contribution in [0, 0.1) is 0 Å². The normalized spacial score (nSPS) is 19.3. The molecule has 2 aliphatic rings. The molecule has 1 aromatic carbocycles. The zero-order valence-corrected chi connectivity index (χ0v) is 20.5. The second-order valence-electron chi connectivity index (χ2n) is 9.70. The summed E-state index contributed by atoms with van der Waals surface area (Å²) in [6.07, 6.45) is 2.10. The molecule has 10 nitrogen and oxygen atoms in total. The summed E-state index contributed by atoms with van der Waals surface area (Å²) in [6, 6.07) is 4.88. The van der Waals surface area contributed by atoms with Gasteiger partial charge in [-0.2, -0.15) is 0 Å². The molecule has 2 fully saturated rings. The maximum atomic E-state index is 12.4. The van der Waals surface area contributed by atoms with E-state index in [9.17, 15) is 19.2 Å². The predicted octanol–water partition coefficient (Wildman–Crippen LogP) is 2.30. The van der Waals surface area contributed by atoms with Gasteiger partial charge in [-0.15, -0.1) is 0 Å². The number of benzene rings is 1. The first-order valence-electron chi connectivity index (χ1n) is 11.5. The Kier molecular flexibility index (Phi) is 7.68. The van der Waals surface area contributed by atoms with Crippen molar-refractivity contribution in [1.82, 2.24) is 10.2 Å². The first-order chi connectivity index (χ1) is 16.0. The van der Waals surface area contributed by atoms with Crippen molar-refractivity contribution in [2.24, 2.45) is 0 Å². The number of likely N-dealkylation sites (tertiary alicyclic amines) is 1. The van der Waals surface area contributed by atoms with Gasteiger partial charge in [0.05, 0.1) is 5.69 Å². The Labute approximate surface area is 200 Å². The van der Waals surface area contributed by atoms with Gasteiger partial charge in [-0.1, -0.05) is 6.07 Å². The van der Waals surface area contributed by atoms with Crippen molar-refractivity contribution >= 4 is 35.7 Å². The highest BCUT2D eigenvalue weighted by Crippen LogP contribution is 2.39. The Balaban J connectivity index is 1.75. The molecule has 0 saturated carbocycles. The van der Waals surface area contributed by atoms with E-state index >= 15 is 0 Å². The lowest BCUT2D eigenvalue weighted by Gasteiger charge is -2.36. The van der Waals surface area contributed by atoms with Crippen LogP contribution < -0.4 is 19.9 Å². The molecule has 0 bridgehead atoms. The van der Waals surface area contributed by atoms with E-state index < -0.39 is 11.6 Å². The van der Waals surface area contributed by atoms with Crippen molar-refractivity contribution in [3.8, 4) is 5.75 Å². The van der Waals surface area contributed by atoms with Crippen LogP contribution in [0.25, 0.3) is 0 Å². The summed E-state index contributed by atoms with van der Waals surface area (Å²) in [5.41, 5.74) is 0.639. The van der Waals surface area contributed by atoms with Gasteiger partial charge in [-0.25, -0.2) is 4.79 Å². The Morgan fingerprint density at radius 3 is 2.41 bits per heavy atom. The van der Waals surface area contributed by atoms with Crippen LogP contribution in [0.1, 0.15) is 46.5 Å². The maximum absolute atomic E-state index is 12.4. The van der Waals surface area contributed by atoms with Crippen molar-refractivity contribution in [1.29, 1.82) is 0 Å². The molecule has 2 heterocycles. The zero-order chi connectivity index (χ0) is 25.0. The molecule has 1 atom stereocenters. The third-order valence-corrected chi connectivity index (χ3v) is 5.93. The van der Waals surface area contributed by atoms with Gasteiger partial charge in [0.25, 0.3) is 0 Å². The summed E-state index contributed by atoms with van der Waals surface area (Å²) in [5, 5.41) is 2.37. The van der Waals surface area contributed by atoms with E-state index in [1.54, 1.807) is 30.0 Å². The highest BCUT2D eigenvalue weighted by Gasteiger charge is 2.33. The number of amides is 4. The smallest absolute Gasteiger partial charge is 0.410 e. The van der Waals surface area contributed by atoms with E-state index in [1.165, 1.54) is 4.90 Å². The highest BCUT2D eigenvalue weighted by atomic mass is 16.6. The van der Waals surface area contributed by atoms with Crippen LogP contribution in [0.15, 0.2) is 18.2 Å². The molecule has 3 rings (SSSR count). The van der Waals surface area contributed by atoms with Gasteiger partial charge in [-0.05, 0) is 39.3 Å². The average molecular weight is 475 g/mol. The summed E-state index contributed by atoms with van der Waals surface area (Å²) in [4.78, 5) is 52.9. The predicted molar refractivity (Wildman–Crippen MR) is 127 cm³/mol. The molecule has 2 aliphatic heterocycles. The Morgan fingerprint density at radius 1 is 1.15 bits per heavy atom. The minimum Gasteiger partial charge on any atom is -0.488 e. The zero-order valence-electron chi connectivity index (χ0n) is 20.5. The number of carbonyl (C=O) groups is 4. The van der Waals surface area contributed by atoms with Crippen molar-refractivity contribution < 1.29 is 28.7 Å². The van der Waals surface area contributed by atoms with Crippen LogP contribution in [-0.2, 0) is 19.1 Å². The lowest BCUT2D eigenvalue weighted by atomic mass is 10.0. The number of hydrogen-bond donors (Lipinski definition) is 1. The second-order valence-corrected chi connectivity index (χ2v) is 9.70. The molecular weight excluding hydrogens is 440 g/mol. The number of piperidine rings is 2. The van der Waals surface area contributed by atoms with Crippen LogP contribution in [-0.4, -0.2) is 74.1 Å². The number of rotatable bonds is 6. The molecule has 0 aliphatic carbocycles. The fourth-order valence-corrected chi connectivity index (χ4v) is 4.18. The average Bonchev–Trinajstić information content (AvgIpc) is 2.77. The number of nitrogens with one attached hydrogen (secondary N) is 1. The topological polar surface area (TPSA) is 108 Å². The molecule has 2 saturated heterocycles. The summed E-state index contributed by atoms with van der Waals surface area (Å²) < 4.78 is 11.8. The van der Waals surface area contributed by atoms with Crippen molar-refractivity contribution in [3.05, 3.63) is 18.2 Å². The summed E-state index contributed by atoms with van der Waals surface area (Å²) in [7, 11) is 3.39. The first-order valence-corrected chi connectivity index (χ1v) is 11.5. The number of imide groups is 1. The molecule has 186 valence electrons. The number of likely N-dealkylation sites (N-methyl/N-ethyl adjacent to an activating group) is 1. The third kappa shape index (κ3) is 5.98. The Bertz CT molecular complexity index is 936. The van der Waals surface area contributed by atoms with Crippen molar-refractivity contribution in [2.75, 3.05) is 37.0 Å². The van der Waals surface area contributed by atoms with E-state index in [1.807, 2.05) is 32.9 Å². The quantitative estimate of drug-likeness (QED) is 0.498. The number of nitrogens with zero attached hydrogens (tertiary/aromatic N) is 3. The molecule has 0 radical (unpaired) electrons. The molecule has 1 unspecified atom stereocenters. The fraction of sp³-hybridized carbons (Fsp3) is 0.583. The Morgan fingerprint density at radius 2 is 1.82 bits per heavy atom. The van der Waals surface area contributed by atoms with Crippen LogP contribution in [0.5, 0.6) is 5.75 Å². The summed E-state index contributed by atoms with van der Waals surface area (Å²) in [5.74, 6) is -0.129. The molecule has 4 amide bonds. The molecular formula is C24H34N4O6. The highest BCUT2D eigenvalue weighted by molar-refractivity contribution is 6.02. The Hall–Kier alpha value is -3.30. The molecule has 1 aromatic rings. The fourth-order valence-electron chi connectivity index (χ4n) is 4.18. The summed E-state index contributed by atoms with van der Waals surface area (Å²) >= 11 is 0. The number of ether oxygens (including phenoxy) is 2. The lowest BCUT2D eigenvalue weighted by Crippen LogP contribution is -2.51. The SMILES string of the molecule is CN(C=O)c1c(OC2CCN(C(=O)OC(C)(C)C)CC2)cccc1N(C)C1CCC(=O)NC1=O. The van der Waals surface area contributed by atoms with E-state index in [0.29, 0.717) is 55.9 Å². The van der Waals surface area contributed by atoms with Crippen LogP contribution in [0.4, 0.5) is 16.2 Å². The van der Waals surface area contributed by atoms with Crippen LogP contribution in [0.3, 0.4) is 0 Å². The standard InChI is InChI=1S/C24H34N4O6/c1-24(2,3)34-23(32)28-13-11-16(12-14-28)33-19-8-6-7-17(21(19)26(4)15-29)27(5)18-9-10-20(30)25-22(18)31/h6-8,15-16,18H,9-14H2,1-5H3,(H,25,30,31). The minimum atomic E-state index is -0.548. The van der Waals surface area contributed by atoms with Gasteiger partial charge < -0.3 is 24.2 Å². The van der Waals surface area contributed by atoms with Crippen LogP contribution >= 0.6 is 0 Å². The number of hydrogen-bond acceptors (Lipinski definition) is 7. The second kappa shape index (κ2) is 10.3. The lowest BCUT2D eigenvalue weighted by molar-refractivity contribution is -0.134. The number of anilines is 2. The van der Waals surface area contributed by atoms with E-state index in [0.717, 1.165) is 0 Å². The van der Waals surface area contributed by atoms with Gasteiger partial charge in [-0.3, -0.25) is 19.7 Å². The van der Waals surface area contributed by atoms with E-state index in [2.05, 4.69) is 5.32 Å². The monoisotopic (exact) mass is 474 g/mol. The largest absolute Gasteiger partial charge is 0.488 e. The molecule has 34 heavy (non-hydrogen) atoms. The van der Waals surface area contributed by atoms with Crippen molar-refractivity contribution in [2.45, 2.75) is 64.2 Å². The number of para-hydroxylation sites is 1. The minimum absolute atomic E-state index is 0.145. The van der Waals surface area contributed by atoms with Crippen molar-refractivity contribution in [3.63, 3.8) is 0 Å². The third-order valence-electron chi connectivity index (χ3n) is 5.93. The van der Waals surface area contributed by atoms with Crippen LogP contribution in [0.2, 0.25) is 0 Å². The van der Waals surface area contributed by atoms with Gasteiger partial charge in [0, 0.05) is 46.4 Å². The molecule has 10 heteroatoms. The molecule has 0 spiro atoms. The van der Waals surface area contributed by atoms with Gasteiger partial charge in [0.1, 0.15) is 29.2 Å². The van der Waals surface area contributed by atoms with E-state index in [-0.39, 0.29) is 30.4 Å². The van der Waals surface area contributed by atoms with E-state index in [4.69, 9.17) is 9.47 Å². The van der Waals surface area contributed by atoms with Gasteiger partial charge in [0.15, 0.2) is 0 Å². The summed E-state index contributed by atoms with van der Waals surface area (Å²) in [6.45, 7) is 6.53. The molecule has 1 N–H and O–H groups in total. The number of carbonyl (C=O) groups excluding carboxylic acids is 4.